The molecule has 33 heavy (non-hydrogen) atoms. The summed E-state index contributed by atoms with van der Waals surface area (Å²) in [6, 6.07) is 0.619. The van der Waals surface area contributed by atoms with Gasteiger partial charge in [0, 0.05) is 6.04 Å². The fourth-order valence-electron chi connectivity index (χ4n) is 4.26. The first-order valence-corrected chi connectivity index (χ1v) is 10.4. The van der Waals surface area contributed by atoms with Gasteiger partial charge in [0.05, 0.1) is 26.9 Å². The van der Waals surface area contributed by atoms with Crippen molar-refractivity contribution in [2.75, 3.05) is 21.3 Å². The fraction of sp³-hybridized carbons (Fsp3) is 0.571. The second kappa shape index (κ2) is 9.36. The summed E-state index contributed by atoms with van der Waals surface area (Å²) in [5.41, 5.74) is -3.94. The van der Waals surface area contributed by atoms with Crippen LogP contribution in [0.2, 0.25) is 0 Å². The minimum absolute atomic E-state index is 0.0180. The summed E-state index contributed by atoms with van der Waals surface area (Å²) in [7, 11) is 3.80. The Morgan fingerprint density at radius 1 is 1.03 bits per heavy atom. The molecule has 182 valence electrons. The zero-order valence-corrected chi connectivity index (χ0v) is 18.5. The van der Waals surface area contributed by atoms with Crippen LogP contribution in [0, 0.1) is 0 Å². The van der Waals surface area contributed by atoms with Crippen LogP contribution in [0.1, 0.15) is 48.9 Å². The third kappa shape index (κ3) is 4.25. The number of carbonyl (C=O) groups excluding carboxylic acids is 3. The van der Waals surface area contributed by atoms with E-state index >= 15 is 0 Å². The van der Waals surface area contributed by atoms with Crippen molar-refractivity contribution in [1.82, 2.24) is 15.5 Å². The van der Waals surface area contributed by atoms with Crippen molar-refractivity contribution in [3.8, 4) is 17.2 Å². The van der Waals surface area contributed by atoms with Crippen LogP contribution in [0.3, 0.4) is 0 Å². The van der Waals surface area contributed by atoms with Crippen LogP contribution in [-0.4, -0.2) is 62.0 Å². The summed E-state index contributed by atoms with van der Waals surface area (Å²) in [6.45, 7) is 0. The van der Waals surface area contributed by atoms with Crippen LogP contribution in [0.15, 0.2) is 12.1 Å². The van der Waals surface area contributed by atoms with Crippen molar-refractivity contribution in [2.24, 2.45) is 0 Å². The van der Waals surface area contributed by atoms with E-state index in [1.165, 1.54) is 33.5 Å². The maximum Gasteiger partial charge on any atom is 0.440 e. The zero-order chi connectivity index (χ0) is 24.4. The number of alkyl halides is 3. The lowest BCUT2D eigenvalue weighted by atomic mass is 10.0. The summed E-state index contributed by atoms with van der Waals surface area (Å²) >= 11 is 0. The van der Waals surface area contributed by atoms with Crippen molar-refractivity contribution >= 4 is 17.8 Å². The number of carbonyl (C=O) groups is 3. The standard InChI is InChI=1S/C21H26F3N3O6/c1-31-14-11-10-13(15(32-2)16(14)33-3)17(28)25-20(21(22,23)24)18(29)27(19(30)26-20)12-8-6-4-5-7-9-12/h10-12H,4-9H2,1-3H3,(H,25,28)(H,26,30)/t20-/m0/s1. The number of benzene rings is 1. The van der Waals surface area contributed by atoms with Crippen molar-refractivity contribution in [3.05, 3.63) is 17.7 Å². The number of hydrogen-bond acceptors (Lipinski definition) is 6. The lowest BCUT2D eigenvalue weighted by Crippen LogP contribution is -2.69. The molecular formula is C21H26F3N3O6. The first-order chi connectivity index (χ1) is 15.6. The Hall–Kier alpha value is -3.18. The molecule has 9 nitrogen and oxygen atoms in total. The summed E-state index contributed by atoms with van der Waals surface area (Å²) < 4.78 is 58.1. The van der Waals surface area contributed by atoms with Crippen LogP contribution in [0.5, 0.6) is 17.2 Å². The number of ether oxygens (including phenoxy) is 3. The predicted octanol–water partition coefficient (Wildman–Crippen LogP) is 2.98. The van der Waals surface area contributed by atoms with Gasteiger partial charge in [-0.3, -0.25) is 19.8 Å². The molecule has 0 aromatic heterocycles. The van der Waals surface area contributed by atoms with Gasteiger partial charge >= 0.3 is 12.2 Å². The summed E-state index contributed by atoms with van der Waals surface area (Å²) in [5, 5.41) is 3.41. The Kier molecular flexibility index (Phi) is 6.94. The van der Waals surface area contributed by atoms with E-state index in [0.29, 0.717) is 30.6 Å². The molecule has 1 aromatic rings. The molecule has 1 saturated carbocycles. The van der Waals surface area contributed by atoms with Crippen LogP contribution < -0.4 is 24.8 Å². The molecule has 0 radical (unpaired) electrons. The van der Waals surface area contributed by atoms with E-state index in [0.717, 1.165) is 12.8 Å². The highest BCUT2D eigenvalue weighted by molar-refractivity contribution is 6.11. The summed E-state index contributed by atoms with van der Waals surface area (Å²) in [5.74, 6) is -2.87. The highest BCUT2D eigenvalue weighted by Gasteiger charge is 2.69. The Bertz CT molecular complexity index is 931. The Balaban J connectivity index is 1.99. The SMILES string of the molecule is COc1ccc(C(=O)N[C@]2(C(F)(F)F)NC(=O)N(C3CCCCCC3)C2=O)c(OC)c1OC. The smallest absolute Gasteiger partial charge is 0.440 e. The Morgan fingerprint density at radius 3 is 2.15 bits per heavy atom. The van der Waals surface area contributed by atoms with Gasteiger partial charge in [0.1, 0.15) is 0 Å². The molecule has 1 aliphatic heterocycles. The van der Waals surface area contributed by atoms with E-state index in [-0.39, 0.29) is 22.8 Å². The van der Waals surface area contributed by atoms with E-state index in [1.807, 2.05) is 0 Å². The number of nitrogens with zero attached hydrogens (tertiary/aromatic N) is 1. The Labute approximate surface area is 188 Å². The molecular weight excluding hydrogens is 447 g/mol. The largest absolute Gasteiger partial charge is 0.493 e. The molecule has 3 rings (SSSR count). The molecule has 0 spiro atoms. The number of halogens is 3. The molecule has 1 aromatic carbocycles. The Morgan fingerprint density at radius 2 is 1.64 bits per heavy atom. The minimum Gasteiger partial charge on any atom is -0.493 e. The molecule has 2 fully saturated rings. The van der Waals surface area contributed by atoms with Gasteiger partial charge in [-0.15, -0.1) is 0 Å². The number of urea groups is 1. The van der Waals surface area contributed by atoms with Crippen molar-refractivity contribution in [1.29, 1.82) is 0 Å². The summed E-state index contributed by atoms with van der Waals surface area (Å²) in [4.78, 5) is 39.2. The van der Waals surface area contributed by atoms with Crippen molar-refractivity contribution < 1.29 is 41.8 Å². The normalized spacial score (nSPS) is 21.9. The quantitative estimate of drug-likeness (QED) is 0.486. The molecule has 4 amide bonds. The average molecular weight is 473 g/mol. The number of methoxy groups -OCH3 is 3. The van der Waals surface area contributed by atoms with Gasteiger partial charge in [0.2, 0.25) is 5.75 Å². The molecule has 0 bridgehead atoms. The van der Waals surface area contributed by atoms with Gasteiger partial charge in [-0.25, -0.2) is 4.79 Å². The number of rotatable bonds is 6. The second-order valence-corrected chi connectivity index (χ2v) is 7.83. The monoisotopic (exact) mass is 473 g/mol. The topological polar surface area (TPSA) is 106 Å². The fourth-order valence-corrected chi connectivity index (χ4v) is 4.26. The number of nitrogens with one attached hydrogen (secondary N) is 2. The van der Waals surface area contributed by atoms with Crippen LogP contribution in [-0.2, 0) is 4.79 Å². The first-order valence-electron chi connectivity index (χ1n) is 10.4. The van der Waals surface area contributed by atoms with Gasteiger partial charge < -0.3 is 19.5 Å². The van der Waals surface area contributed by atoms with Crippen LogP contribution in [0.4, 0.5) is 18.0 Å². The zero-order valence-electron chi connectivity index (χ0n) is 18.5. The van der Waals surface area contributed by atoms with E-state index in [4.69, 9.17) is 14.2 Å². The molecule has 2 aliphatic rings. The van der Waals surface area contributed by atoms with Crippen molar-refractivity contribution in [3.63, 3.8) is 0 Å². The highest BCUT2D eigenvalue weighted by Crippen LogP contribution is 2.41. The second-order valence-electron chi connectivity index (χ2n) is 7.83. The number of imide groups is 1. The molecule has 1 aliphatic carbocycles. The lowest BCUT2D eigenvalue weighted by molar-refractivity contribution is -0.200. The summed E-state index contributed by atoms with van der Waals surface area (Å²) in [6.07, 6.45) is -1.36. The third-order valence-electron chi connectivity index (χ3n) is 5.92. The van der Waals surface area contributed by atoms with Gasteiger partial charge in [0.15, 0.2) is 11.5 Å². The molecule has 1 heterocycles. The van der Waals surface area contributed by atoms with Gasteiger partial charge in [-0.1, -0.05) is 25.7 Å². The predicted molar refractivity (Wildman–Crippen MR) is 109 cm³/mol. The van der Waals surface area contributed by atoms with E-state index < -0.39 is 35.7 Å². The number of hydrogen-bond donors (Lipinski definition) is 2. The molecule has 1 atom stereocenters. The maximum absolute atomic E-state index is 14.2. The van der Waals surface area contributed by atoms with E-state index in [2.05, 4.69) is 0 Å². The first kappa shape index (κ1) is 24.5. The van der Waals surface area contributed by atoms with Gasteiger partial charge in [-0.2, -0.15) is 13.2 Å². The molecule has 1 saturated heterocycles. The van der Waals surface area contributed by atoms with Gasteiger partial charge in [-0.05, 0) is 25.0 Å². The molecule has 12 heteroatoms. The van der Waals surface area contributed by atoms with Gasteiger partial charge in [0.25, 0.3) is 17.5 Å². The molecule has 0 unspecified atom stereocenters. The third-order valence-corrected chi connectivity index (χ3v) is 5.92. The molecule has 2 N–H and O–H groups in total. The van der Waals surface area contributed by atoms with Crippen LogP contribution in [0.25, 0.3) is 0 Å². The average Bonchev–Trinajstić information content (AvgIpc) is 2.94. The lowest BCUT2D eigenvalue weighted by Gasteiger charge is -2.31. The number of amides is 4. The minimum atomic E-state index is -5.31. The van der Waals surface area contributed by atoms with E-state index in [9.17, 15) is 27.6 Å². The highest BCUT2D eigenvalue weighted by atomic mass is 19.4. The van der Waals surface area contributed by atoms with E-state index in [1.54, 1.807) is 10.6 Å². The maximum atomic E-state index is 14.2. The van der Waals surface area contributed by atoms with Crippen LogP contribution >= 0.6 is 0 Å². The van der Waals surface area contributed by atoms with Crippen molar-refractivity contribution in [2.45, 2.75) is 56.4 Å².